The van der Waals surface area contributed by atoms with Gasteiger partial charge in [0.05, 0.1) is 16.1 Å². The molecule has 0 spiro atoms. The first-order valence-corrected chi connectivity index (χ1v) is 7.69. The van der Waals surface area contributed by atoms with E-state index in [1.165, 1.54) is 22.4 Å². The molecule has 0 amide bonds. The number of benzene rings is 1. The molecule has 2 N–H and O–H groups in total. The maximum Gasteiger partial charge on any atom is 0.258 e. The van der Waals surface area contributed by atoms with Gasteiger partial charge < -0.3 is 5.73 Å². The minimum absolute atomic E-state index is 0.279. The maximum absolute atomic E-state index is 12.4. The Labute approximate surface area is 129 Å². The number of nitrogens with two attached hydrogens (primary N) is 1. The number of anilines is 1. The molecule has 0 radical (unpaired) electrons. The Balaban J connectivity index is 2.47. The lowest BCUT2D eigenvalue weighted by Gasteiger charge is -2.12. The van der Waals surface area contributed by atoms with Gasteiger partial charge in [-0.05, 0) is 18.4 Å². The Hall–Kier alpha value is -2.05. The number of hydrogen-bond acceptors (Lipinski definition) is 5. The molecule has 0 aliphatic heterocycles. The number of halogens is 1. The van der Waals surface area contributed by atoms with Gasteiger partial charge in [-0.1, -0.05) is 35.5 Å². The number of pyridine rings is 1. The quantitative estimate of drug-likeness (QED) is 0.581. The fourth-order valence-corrected chi connectivity index (χ4v) is 2.63. The number of aromatic nitrogens is 3. The van der Waals surface area contributed by atoms with Gasteiger partial charge in [0.1, 0.15) is 0 Å². The Kier molecular flexibility index (Phi) is 3.57. The number of nitrogen functional groups attached to an aromatic ring is 1. The van der Waals surface area contributed by atoms with Crippen molar-refractivity contribution in [3.63, 3.8) is 0 Å². The van der Waals surface area contributed by atoms with Crippen LogP contribution in [0.1, 0.15) is 0 Å². The monoisotopic (exact) mass is 318 g/mol. The SMILES string of the molecule is CSc1ncc2c(N)cc(=O)n(-c3ccccc3Cl)c2n1. The standard InChI is InChI=1S/C14H11ClN4OS/c1-21-14-17-7-8-10(16)6-12(20)19(13(8)18-14)11-5-3-2-4-9(11)15/h2-7H,16H2,1H3. The summed E-state index contributed by atoms with van der Waals surface area (Å²) in [6.07, 6.45) is 3.49. The van der Waals surface area contributed by atoms with Gasteiger partial charge in [0.2, 0.25) is 0 Å². The molecule has 3 aromatic rings. The molecule has 106 valence electrons. The summed E-state index contributed by atoms with van der Waals surface area (Å²) in [5.41, 5.74) is 7.00. The van der Waals surface area contributed by atoms with Crippen LogP contribution < -0.4 is 11.3 Å². The minimum atomic E-state index is -0.279. The summed E-state index contributed by atoms with van der Waals surface area (Å²) in [4.78, 5) is 21.0. The summed E-state index contributed by atoms with van der Waals surface area (Å²) < 4.78 is 1.45. The van der Waals surface area contributed by atoms with Crippen LogP contribution in [-0.4, -0.2) is 20.8 Å². The van der Waals surface area contributed by atoms with E-state index in [1.54, 1.807) is 24.4 Å². The maximum atomic E-state index is 12.4. The number of nitrogens with zero attached hydrogens (tertiary/aromatic N) is 3. The largest absolute Gasteiger partial charge is 0.398 e. The zero-order chi connectivity index (χ0) is 15.0. The van der Waals surface area contributed by atoms with Crippen molar-refractivity contribution in [1.82, 2.24) is 14.5 Å². The molecular weight excluding hydrogens is 308 g/mol. The minimum Gasteiger partial charge on any atom is -0.398 e. The van der Waals surface area contributed by atoms with Crippen molar-refractivity contribution in [3.8, 4) is 5.69 Å². The van der Waals surface area contributed by atoms with Crippen LogP contribution >= 0.6 is 23.4 Å². The highest BCUT2D eigenvalue weighted by atomic mass is 35.5. The summed E-state index contributed by atoms with van der Waals surface area (Å²) >= 11 is 7.60. The highest BCUT2D eigenvalue weighted by Gasteiger charge is 2.13. The molecule has 0 atom stereocenters. The van der Waals surface area contributed by atoms with Gasteiger partial charge in [0.25, 0.3) is 5.56 Å². The highest BCUT2D eigenvalue weighted by Crippen LogP contribution is 2.25. The van der Waals surface area contributed by atoms with Gasteiger partial charge in [-0.2, -0.15) is 0 Å². The lowest BCUT2D eigenvalue weighted by molar-refractivity contribution is 0.939. The third-order valence-electron chi connectivity index (χ3n) is 3.04. The van der Waals surface area contributed by atoms with E-state index in [4.69, 9.17) is 17.3 Å². The third-order valence-corrected chi connectivity index (χ3v) is 3.93. The number of para-hydroxylation sites is 1. The zero-order valence-electron chi connectivity index (χ0n) is 11.1. The van der Waals surface area contributed by atoms with Gasteiger partial charge in [0.15, 0.2) is 10.8 Å². The van der Waals surface area contributed by atoms with E-state index in [1.807, 2.05) is 12.3 Å². The molecule has 0 bridgehead atoms. The summed E-state index contributed by atoms with van der Waals surface area (Å²) in [6, 6.07) is 8.46. The van der Waals surface area contributed by atoms with Crippen molar-refractivity contribution in [2.24, 2.45) is 0 Å². The van der Waals surface area contributed by atoms with E-state index in [0.29, 0.717) is 32.6 Å². The van der Waals surface area contributed by atoms with Crippen LogP contribution in [0.2, 0.25) is 5.02 Å². The predicted octanol–water partition coefficient (Wildman–Crippen LogP) is 2.74. The molecule has 2 aromatic heterocycles. The smallest absolute Gasteiger partial charge is 0.258 e. The molecule has 3 rings (SSSR count). The Bertz CT molecular complexity index is 894. The Morgan fingerprint density at radius 1 is 1.33 bits per heavy atom. The molecule has 2 heterocycles. The molecule has 21 heavy (non-hydrogen) atoms. The molecule has 0 aliphatic rings. The molecule has 0 fully saturated rings. The van der Waals surface area contributed by atoms with Gasteiger partial charge in [0, 0.05) is 18.0 Å². The average Bonchev–Trinajstić information content (AvgIpc) is 2.48. The summed E-state index contributed by atoms with van der Waals surface area (Å²) in [7, 11) is 0. The number of hydrogen-bond donors (Lipinski definition) is 1. The lowest BCUT2D eigenvalue weighted by Crippen LogP contribution is -2.20. The zero-order valence-corrected chi connectivity index (χ0v) is 12.6. The van der Waals surface area contributed by atoms with E-state index in [9.17, 15) is 4.79 Å². The first-order chi connectivity index (χ1) is 10.1. The third kappa shape index (κ3) is 2.36. The van der Waals surface area contributed by atoms with E-state index >= 15 is 0 Å². The summed E-state index contributed by atoms with van der Waals surface area (Å²) in [6.45, 7) is 0. The summed E-state index contributed by atoms with van der Waals surface area (Å²) in [5.74, 6) is 0. The van der Waals surface area contributed by atoms with E-state index < -0.39 is 0 Å². The molecule has 0 unspecified atom stereocenters. The van der Waals surface area contributed by atoms with Crippen LogP contribution in [-0.2, 0) is 0 Å². The molecular formula is C14H11ClN4OS. The van der Waals surface area contributed by atoms with Crippen molar-refractivity contribution < 1.29 is 0 Å². The van der Waals surface area contributed by atoms with Crippen molar-refractivity contribution in [1.29, 1.82) is 0 Å². The second-order valence-electron chi connectivity index (χ2n) is 4.32. The molecule has 7 heteroatoms. The molecule has 5 nitrogen and oxygen atoms in total. The van der Waals surface area contributed by atoms with Gasteiger partial charge in [-0.15, -0.1) is 0 Å². The van der Waals surface area contributed by atoms with Crippen molar-refractivity contribution >= 4 is 40.1 Å². The van der Waals surface area contributed by atoms with E-state index in [0.717, 1.165) is 0 Å². The normalized spacial score (nSPS) is 11.0. The van der Waals surface area contributed by atoms with Crippen LogP contribution in [0.4, 0.5) is 5.69 Å². The first kappa shape index (κ1) is 13.9. The van der Waals surface area contributed by atoms with Gasteiger partial charge in [-0.3, -0.25) is 9.36 Å². The van der Waals surface area contributed by atoms with E-state index in [-0.39, 0.29) is 5.56 Å². The van der Waals surface area contributed by atoms with Gasteiger partial charge in [-0.25, -0.2) is 9.97 Å². The topological polar surface area (TPSA) is 73.8 Å². The molecule has 0 saturated heterocycles. The molecule has 1 aromatic carbocycles. The Morgan fingerprint density at radius 2 is 2.10 bits per heavy atom. The van der Waals surface area contributed by atoms with Gasteiger partial charge >= 0.3 is 0 Å². The second kappa shape index (κ2) is 5.38. The predicted molar refractivity (Wildman–Crippen MR) is 86.3 cm³/mol. The van der Waals surface area contributed by atoms with Crippen LogP contribution in [0.3, 0.4) is 0 Å². The fraction of sp³-hybridized carbons (Fsp3) is 0.0714. The first-order valence-electron chi connectivity index (χ1n) is 6.09. The molecule has 0 aliphatic carbocycles. The number of fused-ring (bicyclic) bond motifs is 1. The van der Waals surface area contributed by atoms with Crippen LogP contribution in [0.15, 0.2) is 46.5 Å². The molecule has 0 saturated carbocycles. The fourth-order valence-electron chi connectivity index (χ4n) is 2.08. The van der Waals surface area contributed by atoms with Crippen LogP contribution in [0.25, 0.3) is 16.7 Å². The second-order valence-corrected chi connectivity index (χ2v) is 5.50. The average molecular weight is 319 g/mol. The Morgan fingerprint density at radius 3 is 2.81 bits per heavy atom. The van der Waals surface area contributed by atoms with Crippen molar-refractivity contribution in [2.45, 2.75) is 5.16 Å². The number of rotatable bonds is 2. The highest BCUT2D eigenvalue weighted by molar-refractivity contribution is 7.98. The lowest BCUT2D eigenvalue weighted by atomic mass is 10.2. The van der Waals surface area contributed by atoms with E-state index in [2.05, 4.69) is 9.97 Å². The van der Waals surface area contributed by atoms with Crippen LogP contribution in [0.5, 0.6) is 0 Å². The summed E-state index contributed by atoms with van der Waals surface area (Å²) in [5, 5.41) is 1.65. The number of thioether (sulfide) groups is 1. The van der Waals surface area contributed by atoms with Crippen LogP contribution in [0, 0.1) is 0 Å². The van der Waals surface area contributed by atoms with Crippen molar-refractivity contribution in [3.05, 3.63) is 51.9 Å². The van der Waals surface area contributed by atoms with Crippen molar-refractivity contribution in [2.75, 3.05) is 12.0 Å².